The van der Waals surface area contributed by atoms with E-state index in [-0.39, 0.29) is 52.4 Å². The molecule has 2 aromatic rings. The highest BCUT2D eigenvalue weighted by atomic mass is 16.6. The summed E-state index contributed by atoms with van der Waals surface area (Å²) < 4.78 is 34.7. The molecule has 0 saturated carbocycles. The molecule has 10 atom stereocenters. The van der Waals surface area contributed by atoms with Crippen molar-refractivity contribution in [2.75, 3.05) is 14.2 Å². The maximum absolute atomic E-state index is 13.9. The van der Waals surface area contributed by atoms with Crippen molar-refractivity contribution >= 4 is 23.9 Å². The van der Waals surface area contributed by atoms with Gasteiger partial charge >= 0.3 is 23.9 Å². The third kappa shape index (κ3) is 7.07. The standard InChI is InChI=1S/C42H47NO12/c1-17(2)21-12-28-24(40(47)51-10)15-32(53-28)34(20(7)8)38-36(25(11-27(21)44)42(49)55-38)43-35-26-16-31(54-41(26)48)33(19(5)6)30-14-23(39(46)50-9)29(52-30)13-22(18(3)4)37(35)45/h11,14-16,21-22,27,31,33-38,43-45H,1,3,5,7,12-13H2,2,4,6,8-10H3/t21-,22-,27+,31-,33+,34+,35+,36-,37-,38+/m1/s1. The molecule has 55 heavy (non-hydrogen) atoms. The van der Waals surface area contributed by atoms with Crippen LogP contribution in [0.3, 0.4) is 0 Å². The van der Waals surface area contributed by atoms with Gasteiger partial charge in [-0.15, -0.1) is 0 Å². The SMILES string of the molecule is C=C(C)[C@H]1Cc2oc(cc2C(=O)OC)[C@H](C(=C)C)[C@H]2C=C(C(=O)O2)[C@H](N[C@@H]2C3=C[C@H](O)[C@@H](C(=C)C)Cc4oc(cc4C(=O)OC)[C@H](C(=C)C)[C@@H]2OC3=O)[C@@H]1O. The minimum atomic E-state index is -1.44. The van der Waals surface area contributed by atoms with Gasteiger partial charge in [0.05, 0.1) is 61.5 Å². The molecule has 13 heteroatoms. The van der Waals surface area contributed by atoms with Crippen LogP contribution >= 0.6 is 0 Å². The van der Waals surface area contributed by atoms with Gasteiger partial charge in [0.25, 0.3) is 0 Å². The first-order valence-corrected chi connectivity index (χ1v) is 18.0. The van der Waals surface area contributed by atoms with Crippen molar-refractivity contribution in [3.63, 3.8) is 0 Å². The lowest BCUT2D eigenvalue weighted by molar-refractivity contribution is -0.141. The van der Waals surface area contributed by atoms with Crippen LogP contribution in [0.25, 0.3) is 0 Å². The van der Waals surface area contributed by atoms with Gasteiger partial charge in [-0.3, -0.25) is 5.32 Å². The van der Waals surface area contributed by atoms with Crippen LogP contribution in [-0.2, 0) is 41.4 Å². The predicted octanol–water partition coefficient (Wildman–Crippen LogP) is 4.71. The maximum Gasteiger partial charge on any atom is 0.341 e. The van der Waals surface area contributed by atoms with Crippen LogP contribution < -0.4 is 5.32 Å². The van der Waals surface area contributed by atoms with Crippen molar-refractivity contribution in [1.82, 2.24) is 5.32 Å². The van der Waals surface area contributed by atoms with E-state index in [9.17, 15) is 29.4 Å². The summed E-state index contributed by atoms with van der Waals surface area (Å²) in [6.45, 7) is 23.4. The van der Waals surface area contributed by atoms with Crippen molar-refractivity contribution in [2.45, 2.75) is 88.9 Å². The van der Waals surface area contributed by atoms with Gasteiger partial charge in [0.15, 0.2) is 0 Å². The van der Waals surface area contributed by atoms with E-state index in [1.54, 1.807) is 39.8 Å². The van der Waals surface area contributed by atoms with E-state index in [1.165, 1.54) is 26.4 Å². The van der Waals surface area contributed by atoms with Crippen LogP contribution in [0.15, 0.2) is 92.9 Å². The summed E-state index contributed by atoms with van der Waals surface area (Å²) in [6, 6.07) is 0.710. The quantitative estimate of drug-likeness (QED) is 0.191. The average Bonchev–Trinajstić information content (AvgIpc) is 3.88. The smallest absolute Gasteiger partial charge is 0.341 e. The van der Waals surface area contributed by atoms with Gasteiger partial charge in [-0.25, -0.2) is 19.2 Å². The Kier molecular flexibility index (Phi) is 10.8. The lowest BCUT2D eigenvalue weighted by atomic mass is 9.80. The molecule has 4 aliphatic rings. The lowest BCUT2D eigenvalue weighted by Gasteiger charge is -2.35. The van der Waals surface area contributed by atoms with Crippen molar-refractivity contribution < 1.29 is 57.2 Å². The zero-order chi connectivity index (χ0) is 40.2. The fraction of sp³-hybridized carbons (Fsp3) is 0.429. The zero-order valence-corrected chi connectivity index (χ0v) is 31.8. The van der Waals surface area contributed by atoms with Gasteiger partial charge in [-0.05, 0) is 52.0 Å². The second kappa shape index (κ2) is 15.1. The largest absolute Gasteiger partial charge is 0.465 e. The molecular weight excluding hydrogens is 710 g/mol. The fourth-order valence-corrected chi connectivity index (χ4v) is 8.16. The minimum absolute atomic E-state index is 0.0138. The van der Waals surface area contributed by atoms with E-state index in [4.69, 9.17) is 27.8 Å². The van der Waals surface area contributed by atoms with Crippen LogP contribution in [0.2, 0.25) is 0 Å². The van der Waals surface area contributed by atoms with Crippen molar-refractivity contribution in [1.29, 1.82) is 0 Å². The second-order valence-electron chi connectivity index (χ2n) is 15.0. The number of aliphatic hydroxyl groups excluding tert-OH is 2. The highest BCUT2D eigenvalue weighted by molar-refractivity contribution is 5.95. The van der Waals surface area contributed by atoms with E-state index in [0.29, 0.717) is 28.1 Å². The Morgan fingerprint density at radius 3 is 1.71 bits per heavy atom. The molecule has 8 bridgehead atoms. The van der Waals surface area contributed by atoms with Gasteiger partial charge in [-0.2, -0.15) is 0 Å². The number of fused-ring (bicyclic) bond motifs is 7. The summed E-state index contributed by atoms with van der Waals surface area (Å²) in [5.74, 6) is -4.87. The Morgan fingerprint density at radius 2 is 1.20 bits per heavy atom. The molecule has 0 aromatic carbocycles. The van der Waals surface area contributed by atoms with Crippen LogP contribution in [0.4, 0.5) is 0 Å². The lowest BCUT2D eigenvalue weighted by Crippen LogP contribution is -2.54. The Balaban J connectivity index is 1.55. The summed E-state index contributed by atoms with van der Waals surface area (Å²) in [4.78, 5) is 53.8. The summed E-state index contributed by atoms with van der Waals surface area (Å²) >= 11 is 0. The molecule has 0 unspecified atom stereocenters. The molecule has 4 aliphatic heterocycles. The van der Waals surface area contributed by atoms with E-state index < -0.39 is 84.0 Å². The molecule has 0 aliphatic carbocycles. The first-order valence-electron chi connectivity index (χ1n) is 18.0. The molecular formula is C42H47NO12. The molecule has 0 spiro atoms. The normalized spacial score (nSPS) is 30.0. The number of rotatable bonds is 8. The Morgan fingerprint density at radius 1 is 0.709 bits per heavy atom. The monoisotopic (exact) mass is 757 g/mol. The minimum Gasteiger partial charge on any atom is -0.465 e. The summed E-state index contributed by atoms with van der Waals surface area (Å²) in [6.07, 6.45) is -1.81. The highest BCUT2D eigenvalue weighted by Gasteiger charge is 2.51. The predicted molar refractivity (Wildman–Crippen MR) is 198 cm³/mol. The number of furan rings is 2. The van der Waals surface area contributed by atoms with Crippen LogP contribution in [0.1, 0.15) is 83.3 Å². The van der Waals surface area contributed by atoms with Gasteiger partial charge in [0.1, 0.15) is 46.4 Å². The molecule has 13 nitrogen and oxygen atoms in total. The number of esters is 4. The Bertz CT molecular complexity index is 2060. The van der Waals surface area contributed by atoms with Crippen molar-refractivity contribution in [3.05, 3.63) is 118 Å². The van der Waals surface area contributed by atoms with Crippen molar-refractivity contribution in [2.24, 2.45) is 11.8 Å². The second-order valence-corrected chi connectivity index (χ2v) is 15.0. The van der Waals surface area contributed by atoms with Gasteiger partial charge in [-0.1, -0.05) is 48.6 Å². The number of carbonyl (C=O) groups excluding carboxylic acids is 4. The summed E-state index contributed by atoms with van der Waals surface area (Å²) in [5, 5.41) is 27.5. The zero-order valence-electron chi connectivity index (χ0n) is 31.8. The summed E-state index contributed by atoms with van der Waals surface area (Å²) in [7, 11) is 2.49. The number of methoxy groups -OCH3 is 2. The number of carbonyl (C=O) groups is 4. The average molecular weight is 758 g/mol. The van der Waals surface area contributed by atoms with Crippen molar-refractivity contribution in [3.8, 4) is 0 Å². The maximum atomic E-state index is 13.9. The Hall–Kier alpha value is -5.24. The molecule has 2 aromatic heterocycles. The number of hydrogen-bond donors (Lipinski definition) is 3. The van der Waals surface area contributed by atoms with E-state index in [2.05, 4.69) is 31.6 Å². The number of nitrogens with one attached hydrogen (secondary N) is 1. The number of aliphatic hydroxyl groups is 2. The van der Waals surface area contributed by atoms with E-state index in [1.807, 2.05) is 0 Å². The van der Waals surface area contributed by atoms with Gasteiger partial charge < -0.3 is 38.0 Å². The van der Waals surface area contributed by atoms with Gasteiger partial charge in [0.2, 0.25) is 0 Å². The molecule has 1 saturated heterocycles. The van der Waals surface area contributed by atoms with E-state index >= 15 is 0 Å². The fourth-order valence-electron chi connectivity index (χ4n) is 8.16. The molecule has 0 radical (unpaired) electrons. The van der Waals surface area contributed by atoms with Gasteiger partial charge in [0, 0.05) is 24.7 Å². The molecule has 0 amide bonds. The number of ether oxygens (including phenoxy) is 4. The first-order chi connectivity index (χ1) is 26.0. The molecule has 3 N–H and O–H groups in total. The van der Waals surface area contributed by atoms with Crippen LogP contribution in [0, 0.1) is 11.8 Å². The summed E-state index contributed by atoms with van der Waals surface area (Å²) in [5.41, 5.74) is 2.51. The third-order valence-electron chi connectivity index (χ3n) is 11.1. The van der Waals surface area contributed by atoms with Crippen LogP contribution in [0.5, 0.6) is 0 Å². The first kappa shape index (κ1) is 39.5. The molecule has 1 fully saturated rings. The highest BCUT2D eigenvalue weighted by Crippen LogP contribution is 2.43. The topological polar surface area (TPSA) is 184 Å². The third-order valence-corrected chi connectivity index (χ3v) is 11.1. The van der Waals surface area contributed by atoms with E-state index in [0.717, 1.165) is 0 Å². The van der Waals surface area contributed by atoms with Crippen LogP contribution in [-0.4, -0.2) is 84.8 Å². The molecule has 6 heterocycles. The molecule has 292 valence electrons. The number of hydrogen-bond acceptors (Lipinski definition) is 13. The molecule has 6 rings (SSSR count). The Labute approximate surface area is 319 Å².